The Kier molecular flexibility index (Phi) is 4.18. The van der Waals surface area contributed by atoms with Crippen LogP contribution in [0.15, 0.2) is 0 Å². The molecular formula is C9H18N2O2. The Hall–Kier alpha value is -0.610. The standard InChI is InChI=1S/C9H18N2O2/c1-2-3-11-9(12)6-13-8-4-7(10)5-8/h7-8H,2-6,10H2,1H3,(H,11,12). The number of nitrogens with one attached hydrogen (secondary N) is 1. The van der Waals surface area contributed by atoms with Gasteiger partial charge in [0, 0.05) is 12.6 Å². The zero-order valence-electron chi connectivity index (χ0n) is 8.08. The molecule has 0 spiro atoms. The van der Waals surface area contributed by atoms with Gasteiger partial charge in [-0.05, 0) is 19.3 Å². The zero-order valence-corrected chi connectivity index (χ0v) is 8.08. The lowest BCUT2D eigenvalue weighted by Gasteiger charge is -2.31. The summed E-state index contributed by atoms with van der Waals surface area (Å²) in [5.41, 5.74) is 5.57. The van der Waals surface area contributed by atoms with Crippen LogP contribution in [0.5, 0.6) is 0 Å². The molecule has 0 aromatic rings. The van der Waals surface area contributed by atoms with E-state index < -0.39 is 0 Å². The van der Waals surface area contributed by atoms with Crippen LogP contribution in [-0.4, -0.2) is 31.2 Å². The summed E-state index contributed by atoms with van der Waals surface area (Å²) in [6, 6.07) is 0.281. The van der Waals surface area contributed by atoms with Gasteiger partial charge in [0.15, 0.2) is 0 Å². The molecule has 0 aromatic carbocycles. The predicted molar refractivity (Wildman–Crippen MR) is 50.3 cm³/mol. The first-order valence-electron chi connectivity index (χ1n) is 4.86. The predicted octanol–water partition coefficient (Wildman–Crippen LogP) is 0.0189. The molecule has 0 radical (unpaired) electrons. The molecule has 3 N–H and O–H groups in total. The minimum absolute atomic E-state index is 0.0256. The van der Waals surface area contributed by atoms with Crippen LogP contribution in [0.3, 0.4) is 0 Å². The van der Waals surface area contributed by atoms with Crippen LogP contribution in [0.1, 0.15) is 26.2 Å². The molecule has 1 amide bonds. The normalized spacial score (nSPS) is 26.6. The molecule has 1 aliphatic carbocycles. The van der Waals surface area contributed by atoms with Crippen molar-refractivity contribution >= 4 is 5.91 Å². The number of amides is 1. The van der Waals surface area contributed by atoms with Crippen molar-refractivity contribution in [2.45, 2.75) is 38.3 Å². The van der Waals surface area contributed by atoms with Crippen LogP contribution >= 0.6 is 0 Å². The second-order valence-electron chi connectivity index (χ2n) is 3.51. The van der Waals surface area contributed by atoms with E-state index in [1.54, 1.807) is 0 Å². The van der Waals surface area contributed by atoms with Gasteiger partial charge in [0.05, 0.1) is 6.10 Å². The van der Waals surface area contributed by atoms with E-state index in [2.05, 4.69) is 5.32 Å². The molecule has 1 saturated carbocycles. The highest BCUT2D eigenvalue weighted by Crippen LogP contribution is 2.20. The first kappa shape index (κ1) is 10.5. The van der Waals surface area contributed by atoms with Gasteiger partial charge in [-0.25, -0.2) is 0 Å². The van der Waals surface area contributed by atoms with Gasteiger partial charge in [0.1, 0.15) is 6.61 Å². The Labute approximate surface area is 78.8 Å². The van der Waals surface area contributed by atoms with Gasteiger partial charge in [-0.2, -0.15) is 0 Å². The highest BCUT2D eigenvalue weighted by Gasteiger charge is 2.26. The number of carbonyl (C=O) groups excluding carboxylic acids is 1. The van der Waals surface area contributed by atoms with E-state index in [1.807, 2.05) is 6.92 Å². The van der Waals surface area contributed by atoms with E-state index in [4.69, 9.17) is 10.5 Å². The van der Waals surface area contributed by atoms with E-state index in [-0.39, 0.29) is 24.7 Å². The Morgan fingerprint density at radius 1 is 1.62 bits per heavy atom. The van der Waals surface area contributed by atoms with Crippen molar-refractivity contribution in [2.24, 2.45) is 5.73 Å². The highest BCUT2D eigenvalue weighted by molar-refractivity contribution is 5.77. The summed E-state index contributed by atoms with van der Waals surface area (Å²) in [5.74, 6) is -0.0256. The van der Waals surface area contributed by atoms with Crippen molar-refractivity contribution < 1.29 is 9.53 Å². The quantitative estimate of drug-likeness (QED) is 0.636. The van der Waals surface area contributed by atoms with Crippen LogP contribution in [0.4, 0.5) is 0 Å². The van der Waals surface area contributed by atoms with Crippen molar-refractivity contribution in [3.05, 3.63) is 0 Å². The molecule has 1 fully saturated rings. The molecule has 0 atom stereocenters. The Morgan fingerprint density at radius 2 is 2.31 bits per heavy atom. The summed E-state index contributed by atoms with van der Waals surface area (Å²) in [6.07, 6.45) is 2.95. The second kappa shape index (κ2) is 5.19. The van der Waals surface area contributed by atoms with Crippen molar-refractivity contribution in [1.29, 1.82) is 0 Å². The largest absolute Gasteiger partial charge is 0.368 e. The first-order chi connectivity index (χ1) is 6.22. The molecule has 0 bridgehead atoms. The molecule has 13 heavy (non-hydrogen) atoms. The lowest BCUT2D eigenvalue weighted by atomic mass is 9.90. The van der Waals surface area contributed by atoms with Crippen molar-refractivity contribution in [3.63, 3.8) is 0 Å². The highest BCUT2D eigenvalue weighted by atomic mass is 16.5. The number of carbonyl (C=O) groups is 1. The average molecular weight is 186 g/mol. The number of rotatable bonds is 5. The van der Waals surface area contributed by atoms with E-state index in [1.165, 1.54) is 0 Å². The summed E-state index contributed by atoms with van der Waals surface area (Å²) in [5, 5.41) is 2.75. The number of hydrogen-bond acceptors (Lipinski definition) is 3. The molecule has 1 rings (SSSR count). The van der Waals surface area contributed by atoms with E-state index >= 15 is 0 Å². The third kappa shape index (κ3) is 3.74. The molecule has 0 aromatic heterocycles. The lowest BCUT2D eigenvalue weighted by Crippen LogP contribution is -2.43. The third-order valence-corrected chi connectivity index (χ3v) is 2.15. The van der Waals surface area contributed by atoms with Crippen molar-refractivity contribution in [3.8, 4) is 0 Å². The van der Waals surface area contributed by atoms with Gasteiger partial charge >= 0.3 is 0 Å². The van der Waals surface area contributed by atoms with Gasteiger partial charge in [-0.1, -0.05) is 6.92 Å². The molecular weight excluding hydrogens is 168 g/mol. The molecule has 0 aliphatic heterocycles. The van der Waals surface area contributed by atoms with Crippen LogP contribution in [0.25, 0.3) is 0 Å². The van der Waals surface area contributed by atoms with Crippen LogP contribution in [0.2, 0.25) is 0 Å². The fourth-order valence-electron chi connectivity index (χ4n) is 1.25. The van der Waals surface area contributed by atoms with Gasteiger partial charge in [0.25, 0.3) is 0 Å². The van der Waals surface area contributed by atoms with E-state index in [0.717, 1.165) is 25.8 Å². The summed E-state index contributed by atoms with van der Waals surface area (Å²) >= 11 is 0. The maximum absolute atomic E-state index is 11.1. The second-order valence-corrected chi connectivity index (χ2v) is 3.51. The Bertz CT molecular complexity index is 167. The average Bonchev–Trinajstić information content (AvgIpc) is 2.07. The van der Waals surface area contributed by atoms with E-state index in [9.17, 15) is 4.79 Å². The van der Waals surface area contributed by atoms with Crippen molar-refractivity contribution in [1.82, 2.24) is 5.32 Å². The zero-order chi connectivity index (χ0) is 9.68. The summed E-state index contributed by atoms with van der Waals surface area (Å²) in [7, 11) is 0. The van der Waals surface area contributed by atoms with Gasteiger partial charge < -0.3 is 15.8 Å². The SMILES string of the molecule is CCCNC(=O)COC1CC(N)C1. The monoisotopic (exact) mass is 186 g/mol. The van der Waals surface area contributed by atoms with Gasteiger partial charge in [-0.15, -0.1) is 0 Å². The fraction of sp³-hybridized carbons (Fsp3) is 0.889. The molecule has 76 valence electrons. The van der Waals surface area contributed by atoms with Gasteiger partial charge in [0.2, 0.25) is 5.91 Å². The first-order valence-corrected chi connectivity index (χ1v) is 4.86. The van der Waals surface area contributed by atoms with Gasteiger partial charge in [-0.3, -0.25) is 4.79 Å². The molecule has 1 aliphatic rings. The van der Waals surface area contributed by atoms with E-state index in [0.29, 0.717) is 0 Å². The molecule has 4 heteroatoms. The lowest BCUT2D eigenvalue weighted by molar-refractivity contribution is -0.129. The van der Waals surface area contributed by atoms with Crippen LogP contribution in [-0.2, 0) is 9.53 Å². The third-order valence-electron chi connectivity index (χ3n) is 2.15. The molecule has 0 unspecified atom stereocenters. The Morgan fingerprint density at radius 3 is 2.85 bits per heavy atom. The molecule has 4 nitrogen and oxygen atoms in total. The minimum Gasteiger partial charge on any atom is -0.368 e. The summed E-state index contributed by atoms with van der Waals surface area (Å²) in [6.45, 7) is 2.93. The maximum atomic E-state index is 11.1. The van der Waals surface area contributed by atoms with Crippen LogP contribution in [0, 0.1) is 0 Å². The number of hydrogen-bond donors (Lipinski definition) is 2. The molecule has 0 saturated heterocycles. The maximum Gasteiger partial charge on any atom is 0.246 e. The summed E-state index contributed by atoms with van der Waals surface area (Å²) in [4.78, 5) is 11.1. The number of ether oxygens (including phenoxy) is 1. The smallest absolute Gasteiger partial charge is 0.246 e. The van der Waals surface area contributed by atoms with Crippen molar-refractivity contribution in [2.75, 3.05) is 13.2 Å². The summed E-state index contributed by atoms with van der Waals surface area (Å²) < 4.78 is 5.32. The topological polar surface area (TPSA) is 64.3 Å². The molecule has 0 heterocycles. The Balaban J connectivity index is 1.96. The fourth-order valence-corrected chi connectivity index (χ4v) is 1.25. The minimum atomic E-state index is -0.0256. The van der Waals surface area contributed by atoms with Crippen LogP contribution < -0.4 is 11.1 Å². The number of nitrogens with two attached hydrogens (primary N) is 1.